The second-order valence-corrected chi connectivity index (χ2v) is 4.38. The molecule has 2 rings (SSSR count). The Kier molecular flexibility index (Phi) is 3.01. The minimum atomic E-state index is 0.856. The molecule has 4 nitrogen and oxygen atoms in total. The van der Waals surface area contributed by atoms with Crippen LogP contribution in [-0.2, 0) is 6.54 Å². The number of aromatic nitrogens is 3. The maximum atomic E-state index is 4.29. The van der Waals surface area contributed by atoms with Gasteiger partial charge in [-0.3, -0.25) is 0 Å². The molecule has 0 aliphatic carbocycles. The van der Waals surface area contributed by atoms with Crippen molar-refractivity contribution in [1.82, 2.24) is 14.5 Å². The van der Waals surface area contributed by atoms with Crippen LogP contribution >= 0.6 is 11.3 Å². The molecule has 0 saturated carbocycles. The lowest BCUT2D eigenvalue weighted by Gasteiger charge is -2.00. The van der Waals surface area contributed by atoms with Gasteiger partial charge in [-0.25, -0.2) is 9.97 Å². The average molecular weight is 222 g/mol. The molecule has 0 fully saturated rings. The molecule has 0 aliphatic heterocycles. The summed E-state index contributed by atoms with van der Waals surface area (Å²) in [5.74, 6) is 1.04. The van der Waals surface area contributed by atoms with Crippen molar-refractivity contribution in [1.29, 1.82) is 0 Å². The predicted molar refractivity (Wildman–Crippen MR) is 62.3 cm³/mol. The summed E-state index contributed by atoms with van der Waals surface area (Å²) in [7, 11) is 0. The molecular weight excluding hydrogens is 208 g/mol. The van der Waals surface area contributed by atoms with Gasteiger partial charge in [0.25, 0.3) is 0 Å². The molecule has 0 aromatic carbocycles. The Morgan fingerprint density at radius 1 is 1.47 bits per heavy atom. The van der Waals surface area contributed by atoms with Crippen molar-refractivity contribution in [2.75, 3.05) is 11.9 Å². The summed E-state index contributed by atoms with van der Waals surface area (Å²) in [6.07, 6.45) is 5.73. The van der Waals surface area contributed by atoms with E-state index in [1.807, 2.05) is 25.5 Å². The zero-order valence-corrected chi connectivity index (χ0v) is 9.71. The summed E-state index contributed by atoms with van der Waals surface area (Å²) in [6.45, 7) is 5.85. The van der Waals surface area contributed by atoms with Gasteiger partial charge in [-0.1, -0.05) is 0 Å². The topological polar surface area (TPSA) is 42.7 Å². The fraction of sp³-hybridized carbons (Fsp3) is 0.400. The normalized spacial score (nSPS) is 10.5. The molecule has 15 heavy (non-hydrogen) atoms. The summed E-state index contributed by atoms with van der Waals surface area (Å²) in [6, 6.07) is 0. The van der Waals surface area contributed by atoms with Crippen molar-refractivity contribution in [3.63, 3.8) is 0 Å². The van der Waals surface area contributed by atoms with Crippen molar-refractivity contribution >= 4 is 16.5 Å². The van der Waals surface area contributed by atoms with E-state index in [2.05, 4.69) is 26.8 Å². The SMILES string of the molecule is CCNc1ncc(Cn2ccnc2C)s1. The Morgan fingerprint density at radius 2 is 2.33 bits per heavy atom. The second kappa shape index (κ2) is 4.44. The first kappa shape index (κ1) is 10.2. The molecule has 0 saturated heterocycles. The lowest BCUT2D eigenvalue weighted by atomic mass is 10.5. The smallest absolute Gasteiger partial charge is 0.182 e. The first-order valence-corrected chi connectivity index (χ1v) is 5.77. The fourth-order valence-electron chi connectivity index (χ4n) is 1.35. The van der Waals surface area contributed by atoms with Crippen molar-refractivity contribution in [2.24, 2.45) is 0 Å². The number of aryl methyl sites for hydroxylation is 1. The minimum absolute atomic E-state index is 0.856. The third-order valence-electron chi connectivity index (χ3n) is 2.13. The van der Waals surface area contributed by atoms with Crippen LogP contribution in [0.2, 0.25) is 0 Å². The van der Waals surface area contributed by atoms with Crippen LogP contribution in [-0.4, -0.2) is 21.1 Å². The average Bonchev–Trinajstić information content (AvgIpc) is 2.79. The van der Waals surface area contributed by atoms with Gasteiger partial charge in [-0.2, -0.15) is 0 Å². The molecule has 0 spiro atoms. The molecule has 0 unspecified atom stereocenters. The number of imidazole rings is 1. The summed E-state index contributed by atoms with van der Waals surface area (Å²) in [5, 5.41) is 4.20. The van der Waals surface area contributed by atoms with E-state index in [1.165, 1.54) is 4.88 Å². The van der Waals surface area contributed by atoms with E-state index in [0.717, 1.165) is 24.0 Å². The first-order chi connectivity index (χ1) is 7.29. The highest BCUT2D eigenvalue weighted by molar-refractivity contribution is 7.15. The largest absolute Gasteiger partial charge is 0.362 e. The Morgan fingerprint density at radius 3 is 3.00 bits per heavy atom. The third-order valence-corrected chi connectivity index (χ3v) is 3.07. The van der Waals surface area contributed by atoms with Crippen LogP contribution in [0.3, 0.4) is 0 Å². The molecule has 0 bridgehead atoms. The van der Waals surface area contributed by atoms with Gasteiger partial charge in [0, 0.05) is 30.0 Å². The Labute approximate surface area is 93.0 Å². The molecule has 0 radical (unpaired) electrons. The molecule has 80 valence electrons. The molecule has 1 N–H and O–H groups in total. The van der Waals surface area contributed by atoms with Gasteiger partial charge in [0.2, 0.25) is 0 Å². The lowest BCUT2D eigenvalue weighted by Crippen LogP contribution is -1.98. The van der Waals surface area contributed by atoms with Crippen molar-refractivity contribution in [3.05, 3.63) is 29.3 Å². The van der Waals surface area contributed by atoms with E-state index in [-0.39, 0.29) is 0 Å². The van der Waals surface area contributed by atoms with E-state index in [1.54, 1.807) is 11.3 Å². The van der Waals surface area contributed by atoms with Crippen molar-refractivity contribution in [2.45, 2.75) is 20.4 Å². The molecular formula is C10H14N4S. The highest BCUT2D eigenvalue weighted by atomic mass is 32.1. The van der Waals surface area contributed by atoms with Crippen LogP contribution in [0.25, 0.3) is 0 Å². The molecule has 2 aromatic heterocycles. The van der Waals surface area contributed by atoms with Gasteiger partial charge < -0.3 is 9.88 Å². The van der Waals surface area contributed by atoms with Crippen molar-refractivity contribution < 1.29 is 0 Å². The number of hydrogen-bond donors (Lipinski definition) is 1. The zero-order valence-electron chi connectivity index (χ0n) is 8.90. The van der Waals surface area contributed by atoms with Gasteiger partial charge >= 0.3 is 0 Å². The number of nitrogens with zero attached hydrogens (tertiary/aromatic N) is 3. The monoisotopic (exact) mass is 222 g/mol. The predicted octanol–water partition coefficient (Wildman–Crippen LogP) is 2.13. The Bertz CT molecular complexity index is 432. The van der Waals surface area contributed by atoms with Crippen LogP contribution in [0.15, 0.2) is 18.6 Å². The van der Waals surface area contributed by atoms with E-state index < -0.39 is 0 Å². The number of nitrogens with one attached hydrogen (secondary N) is 1. The number of thiazole rings is 1. The van der Waals surface area contributed by atoms with E-state index >= 15 is 0 Å². The Hall–Kier alpha value is -1.36. The van der Waals surface area contributed by atoms with E-state index in [9.17, 15) is 0 Å². The molecule has 0 atom stereocenters. The van der Waals surface area contributed by atoms with Crippen LogP contribution in [0, 0.1) is 6.92 Å². The van der Waals surface area contributed by atoms with E-state index in [0.29, 0.717) is 0 Å². The van der Waals surface area contributed by atoms with Crippen LogP contribution in [0.1, 0.15) is 17.6 Å². The molecule has 2 aromatic rings. The van der Waals surface area contributed by atoms with Crippen molar-refractivity contribution in [3.8, 4) is 0 Å². The minimum Gasteiger partial charge on any atom is -0.362 e. The van der Waals surface area contributed by atoms with Crippen LogP contribution in [0.5, 0.6) is 0 Å². The number of rotatable bonds is 4. The van der Waals surface area contributed by atoms with Gasteiger partial charge in [-0.05, 0) is 13.8 Å². The lowest BCUT2D eigenvalue weighted by molar-refractivity contribution is 0.770. The molecule has 0 amide bonds. The quantitative estimate of drug-likeness (QED) is 0.861. The Balaban J connectivity index is 2.08. The third kappa shape index (κ3) is 2.36. The highest BCUT2D eigenvalue weighted by Crippen LogP contribution is 2.19. The maximum absolute atomic E-state index is 4.29. The fourth-order valence-corrected chi connectivity index (χ4v) is 2.23. The van der Waals surface area contributed by atoms with Crippen LogP contribution in [0.4, 0.5) is 5.13 Å². The first-order valence-electron chi connectivity index (χ1n) is 4.96. The number of hydrogen-bond acceptors (Lipinski definition) is 4. The van der Waals surface area contributed by atoms with Gasteiger partial charge in [0.05, 0.1) is 6.54 Å². The highest BCUT2D eigenvalue weighted by Gasteiger charge is 2.03. The zero-order chi connectivity index (χ0) is 10.7. The van der Waals surface area contributed by atoms with Gasteiger partial charge in [0.1, 0.15) is 5.82 Å². The van der Waals surface area contributed by atoms with Gasteiger partial charge in [-0.15, -0.1) is 11.3 Å². The summed E-state index contributed by atoms with van der Waals surface area (Å²) < 4.78 is 2.11. The number of anilines is 1. The second-order valence-electron chi connectivity index (χ2n) is 3.26. The summed E-state index contributed by atoms with van der Waals surface area (Å²) in [5.41, 5.74) is 0. The summed E-state index contributed by atoms with van der Waals surface area (Å²) >= 11 is 1.69. The maximum Gasteiger partial charge on any atom is 0.182 e. The molecule has 5 heteroatoms. The molecule has 0 aliphatic rings. The van der Waals surface area contributed by atoms with Crippen LogP contribution < -0.4 is 5.32 Å². The van der Waals surface area contributed by atoms with Gasteiger partial charge in [0.15, 0.2) is 5.13 Å². The summed E-state index contributed by atoms with van der Waals surface area (Å²) in [4.78, 5) is 9.72. The standard InChI is InChI=1S/C10H14N4S/c1-3-11-10-13-6-9(15-10)7-14-5-4-12-8(14)2/h4-6H,3,7H2,1-2H3,(H,11,13). The molecule has 2 heterocycles. The van der Waals surface area contributed by atoms with E-state index in [4.69, 9.17) is 0 Å².